The van der Waals surface area contributed by atoms with Crippen molar-refractivity contribution in [2.75, 3.05) is 19.8 Å². The van der Waals surface area contributed by atoms with Crippen molar-refractivity contribution in [1.82, 2.24) is 10.2 Å². The first-order valence-electron chi connectivity index (χ1n) is 9.98. The van der Waals surface area contributed by atoms with Crippen molar-refractivity contribution < 1.29 is 68.8 Å². The number of ether oxygens (including phenoxy) is 1. The Labute approximate surface area is 209 Å². The van der Waals surface area contributed by atoms with Gasteiger partial charge in [-0.1, -0.05) is 18.2 Å². The number of para-hydroxylation sites is 1. The summed E-state index contributed by atoms with van der Waals surface area (Å²) >= 11 is 0. The summed E-state index contributed by atoms with van der Waals surface area (Å²) in [5.74, 6) is -1.97. The minimum Gasteiger partial charge on any atom is -1.00 e. The summed E-state index contributed by atoms with van der Waals surface area (Å²) in [6.45, 7) is 3.08. The van der Waals surface area contributed by atoms with Gasteiger partial charge in [0.1, 0.15) is 17.5 Å². The minimum atomic E-state index is -3.86. The van der Waals surface area contributed by atoms with Gasteiger partial charge in [0.25, 0.3) is 11.8 Å². The minimum absolute atomic E-state index is 0. The van der Waals surface area contributed by atoms with Crippen molar-refractivity contribution in [3.63, 3.8) is 0 Å². The summed E-state index contributed by atoms with van der Waals surface area (Å²) in [4.78, 5) is 38.0. The molecule has 1 saturated heterocycles. The van der Waals surface area contributed by atoms with E-state index in [1.165, 1.54) is 0 Å². The monoisotopic (exact) mass is 476 g/mol. The third-order valence-electron chi connectivity index (χ3n) is 4.97. The van der Waals surface area contributed by atoms with Gasteiger partial charge in [0.05, 0.1) is 24.6 Å². The second kappa shape index (κ2) is 11.4. The van der Waals surface area contributed by atoms with Crippen LogP contribution in [0.5, 0.6) is 5.75 Å². The topological polar surface area (TPSA) is 131 Å². The van der Waals surface area contributed by atoms with Crippen LogP contribution in [0, 0.1) is 0 Å². The van der Waals surface area contributed by atoms with E-state index in [0.717, 1.165) is 4.90 Å². The van der Waals surface area contributed by atoms with E-state index >= 15 is 0 Å². The Kier molecular flexibility index (Phi) is 9.51. The fraction of sp³-hybridized carbons (Fsp3) is 0.450. The molecule has 170 valence electrons. The molecule has 3 rings (SSSR count). The maximum Gasteiger partial charge on any atom is 1.00 e. The number of aliphatic carboxylic acids is 1. The summed E-state index contributed by atoms with van der Waals surface area (Å²) in [5.41, 5.74) is -0.391. The van der Waals surface area contributed by atoms with Crippen LogP contribution in [-0.4, -0.2) is 59.7 Å². The van der Waals surface area contributed by atoms with Gasteiger partial charge in [0.15, 0.2) is 6.61 Å². The molecule has 2 atom stereocenters. The summed E-state index contributed by atoms with van der Waals surface area (Å²) in [7, 11) is -3.86. The van der Waals surface area contributed by atoms with E-state index in [-0.39, 0.29) is 62.5 Å². The normalized spacial score (nSPS) is 20.1. The molecule has 1 fully saturated rings. The molecular formula is C20H26N2NaO8P. The van der Waals surface area contributed by atoms with Gasteiger partial charge in [-0.3, -0.25) is 19.1 Å². The first-order valence-corrected chi connectivity index (χ1v) is 11.5. The molecule has 0 saturated carbocycles. The van der Waals surface area contributed by atoms with Crippen LogP contribution in [0.25, 0.3) is 0 Å². The second-order valence-corrected chi connectivity index (χ2v) is 8.95. The molecule has 1 aromatic carbocycles. The number of carboxylic acid groups (broad SMARTS) is 1. The summed E-state index contributed by atoms with van der Waals surface area (Å²) < 4.78 is 29.1. The van der Waals surface area contributed by atoms with Crippen LogP contribution in [0.3, 0.4) is 0 Å². The number of carboxylic acids is 1. The van der Waals surface area contributed by atoms with E-state index in [2.05, 4.69) is 5.32 Å². The third kappa shape index (κ3) is 5.44. The molecule has 0 aromatic heterocycles. The number of hydrogen-bond donors (Lipinski definition) is 2. The number of rotatable bonds is 10. The first kappa shape index (κ1) is 26.6. The van der Waals surface area contributed by atoms with Gasteiger partial charge in [-0.15, -0.1) is 0 Å². The molecule has 2 amide bonds. The number of β-lactam (4-membered cyclic amide) rings is 1. The third-order valence-corrected chi connectivity index (χ3v) is 7.26. The van der Waals surface area contributed by atoms with Gasteiger partial charge in [0.2, 0.25) is 0 Å². The molecule has 2 aliphatic rings. The van der Waals surface area contributed by atoms with E-state index in [1.807, 2.05) is 6.07 Å². The number of allylic oxidation sites excluding steroid dienone is 1. The predicted octanol–water partition coefficient (Wildman–Crippen LogP) is -0.766. The zero-order chi connectivity index (χ0) is 22.6. The number of benzene rings is 1. The Morgan fingerprint density at radius 3 is 2.41 bits per heavy atom. The quantitative estimate of drug-likeness (QED) is 0.256. The molecule has 2 N–H and O–H groups in total. The molecular weight excluding hydrogens is 450 g/mol. The number of carbonyl (C=O) groups is 3. The van der Waals surface area contributed by atoms with Crippen molar-refractivity contribution in [3.05, 3.63) is 41.3 Å². The van der Waals surface area contributed by atoms with Crippen LogP contribution in [0.2, 0.25) is 0 Å². The average Bonchev–Trinajstić information content (AvgIpc) is 2.75. The predicted molar refractivity (Wildman–Crippen MR) is 110 cm³/mol. The molecule has 1 aromatic rings. The fourth-order valence-corrected chi connectivity index (χ4v) is 5.66. The SMILES string of the molecule is CCOP(=O)(OCC)C1=C(C(=O)O)N2C(=O)C(NC(=O)COc3ccccc3)C2CC1.[H-].[Na+]. The molecule has 2 aliphatic heterocycles. The van der Waals surface area contributed by atoms with Crippen molar-refractivity contribution in [2.24, 2.45) is 0 Å². The van der Waals surface area contributed by atoms with E-state index in [9.17, 15) is 24.1 Å². The van der Waals surface area contributed by atoms with E-state index in [1.54, 1.807) is 38.1 Å². The second-order valence-electron chi connectivity index (χ2n) is 6.89. The summed E-state index contributed by atoms with van der Waals surface area (Å²) in [6, 6.07) is 7.32. The van der Waals surface area contributed by atoms with Crippen LogP contribution in [0.15, 0.2) is 41.3 Å². The summed E-state index contributed by atoms with van der Waals surface area (Å²) in [5, 5.41) is 12.3. The fourth-order valence-electron chi connectivity index (χ4n) is 3.72. The number of amides is 2. The van der Waals surface area contributed by atoms with Gasteiger partial charge in [-0.05, 0) is 38.8 Å². The standard InChI is InChI=1S/C20H25N2O8P.Na.H/c1-3-29-31(27,30-4-2)15-11-10-14-17(19(24)22(14)18(15)20(25)26)21-16(23)12-28-13-8-6-5-7-9-13;;/h5-9,14,17H,3-4,10-12H2,1-2H3,(H,21,23)(H,25,26);;/q;+1;-1. The number of nitrogens with one attached hydrogen (secondary N) is 1. The molecule has 0 bridgehead atoms. The number of fused-ring (bicyclic) bond motifs is 1. The number of nitrogens with zero attached hydrogens (tertiary/aromatic N) is 1. The van der Waals surface area contributed by atoms with Gasteiger partial charge in [-0.25, -0.2) is 4.79 Å². The summed E-state index contributed by atoms with van der Waals surface area (Å²) in [6.07, 6.45) is 0.423. The van der Waals surface area contributed by atoms with E-state index in [0.29, 0.717) is 12.2 Å². The Morgan fingerprint density at radius 2 is 1.84 bits per heavy atom. The van der Waals surface area contributed by atoms with Crippen LogP contribution in [-0.2, 0) is 28.0 Å². The Balaban J connectivity index is 0.00000272. The van der Waals surface area contributed by atoms with Crippen molar-refractivity contribution in [3.8, 4) is 5.75 Å². The molecule has 0 spiro atoms. The zero-order valence-electron chi connectivity index (χ0n) is 19.3. The Hall–Kier alpha value is -1.68. The van der Waals surface area contributed by atoms with Crippen LogP contribution >= 0.6 is 7.60 Å². The number of hydrogen-bond acceptors (Lipinski definition) is 7. The molecule has 12 heteroatoms. The smallest absolute Gasteiger partial charge is 1.00 e. The van der Waals surface area contributed by atoms with Crippen molar-refractivity contribution in [2.45, 2.75) is 38.8 Å². The van der Waals surface area contributed by atoms with Gasteiger partial charge < -0.3 is 25.6 Å². The maximum atomic E-state index is 13.2. The van der Waals surface area contributed by atoms with Crippen molar-refractivity contribution in [1.29, 1.82) is 0 Å². The van der Waals surface area contributed by atoms with E-state index in [4.69, 9.17) is 13.8 Å². The molecule has 0 radical (unpaired) electrons. The number of carbonyl (C=O) groups excluding carboxylic acids is 2. The Morgan fingerprint density at radius 1 is 1.22 bits per heavy atom. The van der Waals surface area contributed by atoms with Crippen LogP contribution in [0.1, 0.15) is 28.1 Å². The average molecular weight is 476 g/mol. The molecule has 0 aliphatic carbocycles. The molecule has 2 unspecified atom stereocenters. The van der Waals surface area contributed by atoms with Gasteiger partial charge >= 0.3 is 43.1 Å². The Bertz CT molecular complexity index is 935. The van der Waals surface area contributed by atoms with Crippen LogP contribution < -0.4 is 39.6 Å². The largest absolute Gasteiger partial charge is 1.00 e. The molecule has 32 heavy (non-hydrogen) atoms. The zero-order valence-corrected chi connectivity index (χ0v) is 21.2. The van der Waals surface area contributed by atoms with E-state index < -0.39 is 43.2 Å². The van der Waals surface area contributed by atoms with Gasteiger partial charge in [-0.2, -0.15) is 0 Å². The molecule has 2 heterocycles. The van der Waals surface area contributed by atoms with Crippen LogP contribution in [0.4, 0.5) is 0 Å². The van der Waals surface area contributed by atoms with Crippen molar-refractivity contribution >= 4 is 25.4 Å². The first-order chi connectivity index (χ1) is 14.8. The maximum absolute atomic E-state index is 13.2. The molecule has 10 nitrogen and oxygen atoms in total. The van der Waals surface area contributed by atoms with Gasteiger partial charge in [0, 0.05) is 0 Å².